The van der Waals surface area contributed by atoms with Gasteiger partial charge in [0, 0.05) is 6.20 Å². The Morgan fingerprint density at radius 2 is 2.24 bits per heavy atom. The molecule has 1 aromatic rings. The van der Waals surface area contributed by atoms with Gasteiger partial charge in [-0.05, 0) is 50.4 Å². The van der Waals surface area contributed by atoms with E-state index in [9.17, 15) is 13.2 Å². The van der Waals surface area contributed by atoms with Gasteiger partial charge in [0.2, 0.25) is 0 Å². The average Bonchev–Trinajstić information content (AvgIpc) is 2.30. The molecule has 1 unspecified atom stereocenters. The van der Waals surface area contributed by atoms with Gasteiger partial charge in [0.1, 0.15) is 0 Å². The molecule has 0 aliphatic carbocycles. The highest BCUT2D eigenvalue weighted by atomic mass is 19.4. The maximum absolute atomic E-state index is 12.7. The fraction of sp³-hybridized carbons (Fsp3) is 0.583. The number of halogens is 3. The van der Waals surface area contributed by atoms with E-state index in [2.05, 4.69) is 10.3 Å². The van der Waals surface area contributed by atoms with Crippen LogP contribution < -0.4 is 5.32 Å². The Kier molecular flexibility index (Phi) is 3.66. The molecular weight excluding hydrogens is 229 g/mol. The molecule has 94 valence electrons. The highest BCUT2D eigenvalue weighted by Crippen LogP contribution is 2.32. The molecule has 2 rings (SSSR count). The highest BCUT2D eigenvalue weighted by molar-refractivity contribution is 5.23. The molecule has 0 radical (unpaired) electrons. The first-order chi connectivity index (χ1) is 8.07. The summed E-state index contributed by atoms with van der Waals surface area (Å²) in [6.45, 7) is 1.75. The molecule has 1 fully saturated rings. The zero-order chi connectivity index (χ0) is 12.3. The van der Waals surface area contributed by atoms with Crippen LogP contribution in [0.15, 0.2) is 18.3 Å². The third-order valence-corrected chi connectivity index (χ3v) is 3.08. The number of hydrogen-bond donors (Lipinski definition) is 1. The Morgan fingerprint density at radius 1 is 1.41 bits per heavy atom. The lowest BCUT2D eigenvalue weighted by molar-refractivity contribution is -0.138. The van der Waals surface area contributed by atoms with Crippen molar-refractivity contribution in [2.45, 2.75) is 25.4 Å². The van der Waals surface area contributed by atoms with Gasteiger partial charge >= 0.3 is 6.18 Å². The predicted molar refractivity (Wildman–Crippen MR) is 58.5 cm³/mol. The summed E-state index contributed by atoms with van der Waals surface area (Å²) in [6, 6.07) is 2.45. The normalized spacial score (nSPS) is 21.5. The molecule has 0 aromatic carbocycles. The first-order valence-corrected chi connectivity index (χ1v) is 5.79. The molecular formula is C12H15F3N2. The standard InChI is InChI=1S/C12H15F3N2/c13-12(14,15)10-4-2-6-17-11(10)7-9-3-1-5-16-8-9/h2,4,6,9,16H,1,3,5,7-8H2. The summed E-state index contributed by atoms with van der Waals surface area (Å²) in [5.74, 6) is 0.264. The van der Waals surface area contributed by atoms with E-state index in [0.717, 1.165) is 32.0 Å². The average molecular weight is 244 g/mol. The van der Waals surface area contributed by atoms with Crippen LogP contribution in [-0.4, -0.2) is 18.1 Å². The van der Waals surface area contributed by atoms with Gasteiger partial charge in [0.05, 0.1) is 11.3 Å². The Hall–Kier alpha value is -1.10. The van der Waals surface area contributed by atoms with Crippen molar-refractivity contribution in [3.05, 3.63) is 29.6 Å². The minimum atomic E-state index is -4.30. The molecule has 0 spiro atoms. The predicted octanol–water partition coefficient (Wildman–Crippen LogP) is 2.64. The molecule has 0 amide bonds. The topological polar surface area (TPSA) is 24.9 Å². The molecule has 1 aliphatic rings. The van der Waals surface area contributed by atoms with Crippen molar-refractivity contribution in [1.29, 1.82) is 0 Å². The maximum atomic E-state index is 12.7. The number of pyridine rings is 1. The quantitative estimate of drug-likeness (QED) is 0.865. The van der Waals surface area contributed by atoms with Crippen LogP contribution in [0.5, 0.6) is 0 Å². The number of rotatable bonds is 2. The summed E-state index contributed by atoms with van der Waals surface area (Å²) in [6.07, 6.45) is -0.463. The zero-order valence-electron chi connectivity index (χ0n) is 9.43. The highest BCUT2D eigenvalue weighted by Gasteiger charge is 2.34. The minimum absolute atomic E-state index is 0.175. The monoisotopic (exact) mass is 244 g/mol. The number of aromatic nitrogens is 1. The van der Waals surface area contributed by atoms with Crippen LogP contribution in [0, 0.1) is 5.92 Å². The van der Waals surface area contributed by atoms with Gasteiger partial charge in [-0.25, -0.2) is 0 Å². The third-order valence-electron chi connectivity index (χ3n) is 3.08. The fourth-order valence-electron chi connectivity index (χ4n) is 2.23. The van der Waals surface area contributed by atoms with Crippen molar-refractivity contribution in [2.24, 2.45) is 5.92 Å². The molecule has 1 saturated heterocycles. The Bertz CT molecular complexity index is 370. The van der Waals surface area contributed by atoms with Crippen molar-refractivity contribution in [2.75, 3.05) is 13.1 Å². The van der Waals surface area contributed by atoms with Crippen LogP contribution in [0.2, 0.25) is 0 Å². The second kappa shape index (κ2) is 5.04. The number of alkyl halides is 3. The van der Waals surface area contributed by atoms with E-state index in [1.165, 1.54) is 12.3 Å². The van der Waals surface area contributed by atoms with Crippen LogP contribution >= 0.6 is 0 Å². The molecule has 1 aliphatic heterocycles. The lowest BCUT2D eigenvalue weighted by Gasteiger charge is -2.23. The summed E-state index contributed by atoms with van der Waals surface area (Å²) in [4.78, 5) is 3.89. The maximum Gasteiger partial charge on any atom is 0.418 e. The summed E-state index contributed by atoms with van der Waals surface area (Å²) >= 11 is 0. The second-order valence-corrected chi connectivity index (χ2v) is 4.41. The summed E-state index contributed by atoms with van der Waals surface area (Å²) in [7, 11) is 0. The number of piperidine rings is 1. The van der Waals surface area contributed by atoms with E-state index in [1.54, 1.807) is 0 Å². The first kappa shape index (κ1) is 12.4. The molecule has 2 heterocycles. The summed E-state index contributed by atoms with van der Waals surface area (Å²) in [5, 5.41) is 3.20. The van der Waals surface area contributed by atoms with Crippen molar-refractivity contribution in [3.63, 3.8) is 0 Å². The van der Waals surface area contributed by atoms with Crippen LogP contribution in [-0.2, 0) is 12.6 Å². The molecule has 17 heavy (non-hydrogen) atoms. The minimum Gasteiger partial charge on any atom is -0.316 e. The van der Waals surface area contributed by atoms with Crippen LogP contribution in [0.1, 0.15) is 24.1 Å². The van der Waals surface area contributed by atoms with Gasteiger partial charge in [-0.2, -0.15) is 13.2 Å². The lowest BCUT2D eigenvalue weighted by Crippen LogP contribution is -2.31. The Balaban J connectivity index is 2.14. The molecule has 1 aromatic heterocycles. The molecule has 2 nitrogen and oxygen atoms in total. The van der Waals surface area contributed by atoms with E-state index in [0.29, 0.717) is 6.42 Å². The number of nitrogens with one attached hydrogen (secondary N) is 1. The Morgan fingerprint density at radius 3 is 2.88 bits per heavy atom. The fourth-order valence-corrected chi connectivity index (χ4v) is 2.23. The summed E-state index contributed by atoms with van der Waals surface area (Å²) in [5.41, 5.74) is -0.417. The Labute approximate surface area is 98.2 Å². The van der Waals surface area contributed by atoms with Gasteiger partial charge in [0.15, 0.2) is 0 Å². The number of hydrogen-bond acceptors (Lipinski definition) is 2. The molecule has 0 bridgehead atoms. The first-order valence-electron chi connectivity index (χ1n) is 5.79. The van der Waals surface area contributed by atoms with Crippen molar-refractivity contribution in [1.82, 2.24) is 10.3 Å². The van der Waals surface area contributed by atoms with Gasteiger partial charge in [-0.15, -0.1) is 0 Å². The third kappa shape index (κ3) is 3.19. The molecule has 1 atom stereocenters. The van der Waals surface area contributed by atoms with E-state index in [1.807, 2.05) is 0 Å². The lowest BCUT2D eigenvalue weighted by atomic mass is 9.93. The van der Waals surface area contributed by atoms with E-state index < -0.39 is 11.7 Å². The largest absolute Gasteiger partial charge is 0.418 e. The number of nitrogens with zero attached hydrogens (tertiary/aromatic N) is 1. The van der Waals surface area contributed by atoms with Gasteiger partial charge < -0.3 is 5.32 Å². The van der Waals surface area contributed by atoms with Crippen molar-refractivity contribution in [3.8, 4) is 0 Å². The van der Waals surface area contributed by atoms with E-state index in [4.69, 9.17) is 0 Å². The van der Waals surface area contributed by atoms with Gasteiger partial charge in [-0.1, -0.05) is 0 Å². The smallest absolute Gasteiger partial charge is 0.316 e. The van der Waals surface area contributed by atoms with Crippen LogP contribution in [0.3, 0.4) is 0 Å². The van der Waals surface area contributed by atoms with Gasteiger partial charge in [0.25, 0.3) is 0 Å². The van der Waals surface area contributed by atoms with Crippen molar-refractivity contribution < 1.29 is 13.2 Å². The van der Waals surface area contributed by atoms with E-state index in [-0.39, 0.29) is 11.6 Å². The SMILES string of the molecule is FC(F)(F)c1cccnc1CC1CCCNC1. The molecule has 1 N–H and O–H groups in total. The second-order valence-electron chi connectivity index (χ2n) is 4.41. The van der Waals surface area contributed by atoms with Crippen molar-refractivity contribution >= 4 is 0 Å². The zero-order valence-corrected chi connectivity index (χ0v) is 9.43. The van der Waals surface area contributed by atoms with Crippen LogP contribution in [0.25, 0.3) is 0 Å². The molecule has 5 heteroatoms. The molecule has 0 saturated carbocycles. The van der Waals surface area contributed by atoms with Gasteiger partial charge in [-0.3, -0.25) is 4.98 Å². The van der Waals surface area contributed by atoms with Crippen LogP contribution in [0.4, 0.5) is 13.2 Å². The van der Waals surface area contributed by atoms with E-state index >= 15 is 0 Å². The summed E-state index contributed by atoms with van der Waals surface area (Å²) < 4.78 is 38.2.